The quantitative estimate of drug-likeness (QED) is 0.658. The predicted molar refractivity (Wildman–Crippen MR) is 81.7 cm³/mol. The molecule has 0 amide bonds. The van der Waals surface area contributed by atoms with Crippen molar-refractivity contribution in [2.75, 3.05) is 5.73 Å². The van der Waals surface area contributed by atoms with Gasteiger partial charge in [-0.1, -0.05) is 19.9 Å². The first-order chi connectivity index (χ1) is 9.36. The molecule has 1 aromatic carbocycles. The van der Waals surface area contributed by atoms with Gasteiger partial charge in [0, 0.05) is 5.69 Å². The smallest absolute Gasteiger partial charge is 0.338 e. The van der Waals surface area contributed by atoms with Gasteiger partial charge >= 0.3 is 5.97 Å². The summed E-state index contributed by atoms with van der Waals surface area (Å²) < 4.78 is 5.70. The van der Waals surface area contributed by atoms with Crippen molar-refractivity contribution >= 4 is 11.7 Å². The van der Waals surface area contributed by atoms with Crippen LogP contribution in [-0.4, -0.2) is 12.1 Å². The molecule has 1 aliphatic rings. The van der Waals surface area contributed by atoms with Crippen LogP contribution in [0.25, 0.3) is 0 Å². The highest BCUT2D eigenvalue weighted by molar-refractivity contribution is 5.92. The Bertz CT molecular complexity index is 500. The van der Waals surface area contributed by atoms with Crippen LogP contribution >= 0.6 is 0 Å². The lowest BCUT2D eigenvalue weighted by molar-refractivity contribution is 0.00799. The summed E-state index contributed by atoms with van der Waals surface area (Å²) in [5, 5.41) is 0. The van der Waals surface area contributed by atoms with Gasteiger partial charge in [0.25, 0.3) is 0 Å². The van der Waals surface area contributed by atoms with Gasteiger partial charge in [-0.3, -0.25) is 0 Å². The molecule has 1 aromatic rings. The molecule has 2 N–H and O–H groups in total. The SMILES string of the molecule is Cc1cc(C)c(C(=O)OC2CC(C)CC(C)C2)cc1N. The van der Waals surface area contributed by atoms with Crippen LogP contribution in [0.1, 0.15) is 54.6 Å². The molecule has 0 aliphatic heterocycles. The maximum absolute atomic E-state index is 12.3. The molecule has 0 bridgehead atoms. The zero-order valence-corrected chi connectivity index (χ0v) is 12.9. The van der Waals surface area contributed by atoms with Gasteiger partial charge in [-0.15, -0.1) is 0 Å². The summed E-state index contributed by atoms with van der Waals surface area (Å²) in [6, 6.07) is 3.68. The first-order valence-electron chi connectivity index (χ1n) is 7.44. The van der Waals surface area contributed by atoms with Crippen molar-refractivity contribution in [2.45, 2.75) is 53.1 Å². The van der Waals surface area contributed by atoms with Crippen LogP contribution in [0.2, 0.25) is 0 Å². The molecule has 0 saturated heterocycles. The molecule has 1 saturated carbocycles. The van der Waals surface area contributed by atoms with E-state index in [4.69, 9.17) is 10.5 Å². The minimum atomic E-state index is -0.236. The first kappa shape index (κ1) is 14.9. The highest BCUT2D eigenvalue weighted by Crippen LogP contribution is 2.31. The second kappa shape index (κ2) is 5.86. The lowest BCUT2D eigenvalue weighted by Gasteiger charge is -2.31. The van der Waals surface area contributed by atoms with Gasteiger partial charge < -0.3 is 10.5 Å². The fourth-order valence-corrected chi connectivity index (χ4v) is 3.27. The van der Waals surface area contributed by atoms with Crippen molar-refractivity contribution in [1.82, 2.24) is 0 Å². The lowest BCUT2D eigenvalue weighted by Crippen LogP contribution is -2.28. The minimum Gasteiger partial charge on any atom is -0.459 e. The second-order valence-corrected chi connectivity index (χ2v) is 6.47. The van der Waals surface area contributed by atoms with Crippen LogP contribution < -0.4 is 5.73 Å². The van der Waals surface area contributed by atoms with Crippen LogP contribution in [0.5, 0.6) is 0 Å². The molecular weight excluding hydrogens is 250 g/mol. The number of carbonyl (C=O) groups is 1. The summed E-state index contributed by atoms with van der Waals surface area (Å²) in [7, 11) is 0. The molecule has 0 radical (unpaired) electrons. The van der Waals surface area contributed by atoms with Gasteiger partial charge in [-0.2, -0.15) is 0 Å². The van der Waals surface area contributed by atoms with Gasteiger partial charge in [0.1, 0.15) is 6.10 Å². The Morgan fingerprint density at radius 2 is 1.70 bits per heavy atom. The number of benzene rings is 1. The maximum atomic E-state index is 12.3. The van der Waals surface area contributed by atoms with Gasteiger partial charge in [0.05, 0.1) is 5.56 Å². The Morgan fingerprint density at radius 3 is 2.30 bits per heavy atom. The summed E-state index contributed by atoms with van der Waals surface area (Å²) in [6.07, 6.45) is 3.21. The Kier molecular flexibility index (Phi) is 4.36. The highest BCUT2D eigenvalue weighted by atomic mass is 16.5. The standard InChI is InChI=1S/C17H25NO2/c1-10-5-11(2)7-14(6-10)20-17(19)15-9-16(18)13(4)8-12(15)3/h8-11,14H,5-7,18H2,1-4H3. The number of rotatable bonds is 2. The topological polar surface area (TPSA) is 52.3 Å². The Morgan fingerprint density at radius 1 is 1.10 bits per heavy atom. The highest BCUT2D eigenvalue weighted by Gasteiger charge is 2.27. The van der Waals surface area contributed by atoms with E-state index >= 15 is 0 Å². The zero-order chi connectivity index (χ0) is 14.9. The summed E-state index contributed by atoms with van der Waals surface area (Å²) >= 11 is 0. The molecule has 0 heterocycles. The number of anilines is 1. The average molecular weight is 275 g/mol. The van der Waals surface area contributed by atoms with E-state index in [-0.39, 0.29) is 12.1 Å². The zero-order valence-electron chi connectivity index (χ0n) is 12.9. The Hall–Kier alpha value is -1.51. The summed E-state index contributed by atoms with van der Waals surface area (Å²) in [5.41, 5.74) is 9.07. The van der Waals surface area contributed by atoms with E-state index in [0.29, 0.717) is 23.1 Å². The fourth-order valence-electron chi connectivity index (χ4n) is 3.27. The van der Waals surface area contributed by atoms with Crippen molar-refractivity contribution in [3.8, 4) is 0 Å². The van der Waals surface area contributed by atoms with Crippen LogP contribution in [0.3, 0.4) is 0 Å². The van der Waals surface area contributed by atoms with Crippen molar-refractivity contribution in [3.05, 3.63) is 28.8 Å². The maximum Gasteiger partial charge on any atom is 0.338 e. The van der Waals surface area contributed by atoms with Crippen molar-refractivity contribution < 1.29 is 9.53 Å². The molecule has 3 heteroatoms. The monoisotopic (exact) mass is 275 g/mol. The molecule has 1 aliphatic carbocycles. The number of aryl methyl sites for hydroxylation is 2. The predicted octanol–water partition coefficient (Wildman–Crippen LogP) is 3.87. The average Bonchev–Trinajstić information content (AvgIpc) is 2.32. The number of esters is 1. The van der Waals surface area contributed by atoms with Crippen molar-refractivity contribution in [3.63, 3.8) is 0 Å². The number of nitrogen functional groups attached to an aromatic ring is 1. The molecular formula is C17H25NO2. The van der Waals surface area contributed by atoms with E-state index in [1.54, 1.807) is 6.07 Å². The molecule has 1 fully saturated rings. The van der Waals surface area contributed by atoms with E-state index in [1.807, 2.05) is 19.9 Å². The van der Waals surface area contributed by atoms with Gasteiger partial charge in [-0.25, -0.2) is 4.79 Å². The van der Waals surface area contributed by atoms with Crippen LogP contribution in [0.15, 0.2) is 12.1 Å². The largest absolute Gasteiger partial charge is 0.459 e. The van der Waals surface area contributed by atoms with Gasteiger partial charge in [0.2, 0.25) is 0 Å². The Balaban J connectivity index is 2.10. The van der Waals surface area contributed by atoms with E-state index < -0.39 is 0 Å². The van der Waals surface area contributed by atoms with Crippen molar-refractivity contribution in [2.24, 2.45) is 11.8 Å². The minimum absolute atomic E-state index is 0.0446. The normalized spacial score (nSPS) is 26.3. The summed E-state index contributed by atoms with van der Waals surface area (Å²) in [4.78, 5) is 12.3. The molecule has 2 rings (SSSR count). The number of hydrogen-bond donors (Lipinski definition) is 1. The van der Waals surface area contributed by atoms with Crippen LogP contribution in [0, 0.1) is 25.7 Å². The summed E-state index contributed by atoms with van der Waals surface area (Å²) in [6.45, 7) is 8.33. The van der Waals surface area contributed by atoms with Crippen LogP contribution in [-0.2, 0) is 4.74 Å². The number of hydrogen-bond acceptors (Lipinski definition) is 3. The molecule has 20 heavy (non-hydrogen) atoms. The molecule has 0 spiro atoms. The van der Waals surface area contributed by atoms with Crippen molar-refractivity contribution in [1.29, 1.82) is 0 Å². The van der Waals surface area contributed by atoms with E-state index in [9.17, 15) is 4.79 Å². The third-order valence-electron chi connectivity index (χ3n) is 4.24. The number of carbonyl (C=O) groups excluding carboxylic acids is 1. The third kappa shape index (κ3) is 3.33. The Labute approximate surface area is 121 Å². The number of ether oxygens (including phenoxy) is 1. The molecule has 2 unspecified atom stereocenters. The van der Waals surface area contributed by atoms with E-state index in [0.717, 1.165) is 24.0 Å². The molecule has 0 aromatic heterocycles. The van der Waals surface area contributed by atoms with E-state index in [1.165, 1.54) is 6.42 Å². The number of nitrogens with two attached hydrogens (primary N) is 1. The summed E-state index contributed by atoms with van der Waals surface area (Å²) in [5.74, 6) is 1.02. The molecule has 110 valence electrons. The fraction of sp³-hybridized carbons (Fsp3) is 0.588. The van der Waals surface area contributed by atoms with E-state index in [2.05, 4.69) is 13.8 Å². The van der Waals surface area contributed by atoms with Crippen LogP contribution in [0.4, 0.5) is 5.69 Å². The molecule has 3 nitrogen and oxygen atoms in total. The second-order valence-electron chi connectivity index (χ2n) is 6.47. The van der Waals surface area contributed by atoms with Gasteiger partial charge in [0.15, 0.2) is 0 Å². The third-order valence-corrected chi connectivity index (χ3v) is 4.24. The lowest BCUT2D eigenvalue weighted by atomic mass is 9.82. The van der Waals surface area contributed by atoms with Gasteiger partial charge in [-0.05, 0) is 62.1 Å². The molecule has 2 atom stereocenters. The first-order valence-corrected chi connectivity index (χ1v) is 7.44.